The van der Waals surface area contributed by atoms with Crippen molar-refractivity contribution in [2.24, 2.45) is 5.92 Å². The molecule has 0 N–H and O–H groups in total. The van der Waals surface area contributed by atoms with Gasteiger partial charge in [-0.2, -0.15) is 0 Å². The Kier molecular flexibility index (Phi) is 16.0. The molecule has 1 aliphatic rings. The number of hydrogen-bond donors (Lipinski definition) is 0. The van der Waals surface area contributed by atoms with Crippen LogP contribution in [0, 0.1) is 5.92 Å². The first-order valence-corrected chi connectivity index (χ1v) is 18.8. The third kappa shape index (κ3) is 12.1. The first-order chi connectivity index (χ1) is 22.6. The number of benzene rings is 3. The molecule has 0 radical (unpaired) electrons. The van der Waals surface area contributed by atoms with Crippen LogP contribution >= 0.6 is 11.6 Å². The van der Waals surface area contributed by atoms with Crippen LogP contribution in [0.4, 0.5) is 0 Å². The lowest BCUT2D eigenvalue weighted by Gasteiger charge is -2.29. The average molecular weight is 645 g/mol. The normalized spacial score (nSPS) is 16.3. The fourth-order valence-electron chi connectivity index (χ4n) is 6.83. The number of hydrogen-bond acceptors (Lipinski definition) is 3. The molecule has 1 aliphatic carbocycles. The first kappa shape index (κ1) is 36.1. The summed E-state index contributed by atoms with van der Waals surface area (Å²) in [6.07, 6.45) is 23.5. The molecule has 0 aromatic heterocycles. The molecule has 0 heterocycles. The van der Waals surface area contributed by atoms with Crippen LogP contribution in [0.2, 0.25) is 5.02 Å². The van der Waals surface area contributed by atoms with Gasteiger partial charge in [0.15, 0.2) is 0 Å². The molecule has 0 amide bonds. The van der Waals surface area contributed by atoms with Gasteiger partial charge in [-0.15, -0.1) is 0 Å². The number of esters is 1. The van der Waals surface area contributed by atoms with E-state index in [1.54, 1.807) is 6.07 Å². The Morgan fingerprint density at radius 3 is 1.78 bits per heavy atom. The zero-order valence-corrected chi connectivity index (χ0v) is 29.3. The Morgan fingerprint density at radius 2 is 1.20 bits per heavy atom. The van der Waals surface area contributed by atoms with Crippen LogP contribution in [0.1, 0.15) is 151 Å². The SMILES string of the molecule is CCCCCCCCCC1CCC(c2ccc(C(=O)Oc3ccc(-c4ccc(OCCCCCCCC)cc4)cc3)cc2Cl)CC1. The van der Waals surface area contributed by atoms with Crippen molar-refractivity contribution in [2.75, 3.05) is 6.61 Å². The van der Waals surface area contributed by atoms with Crippen molar-refractivity contribution in [1.82, 2.24) is 0 Å². The van der Waals surface area contributed by atoms with Gasteiger partial charge in [0.2, 0.25) is 0 Å². The first-order valence-electron chi connectivity index (χ1n) is 18.4. The van der Waals surface area contributed by atoms with Gasteiger partial charge in [0, 0.05) is 5.02 Å². The summed E-state index contributed by atoms with van der Waals surface area (Å²) in [6, 6.07) is 21.6. The van der Waals surface area contributed by atoms with E-state index in [1.165, 1.54) is 115 Å². The van der Waals surface area contributed by atoms with Crippen molar-refractivity contribution in [2.45, 2.75) is 135 Å². The lowest BCUT2D eigenvalue weighted by Crippen LogP contribution is -2.14. The van der Waals surface area contributed by atoms with Crippen molar-refractivity contribution in [3.63, 3.8) is 0 Å². The average Bonchev–Trinajstić information content (AvgIpc) is 3.08. The summed E-state index contributed by atoms with van der Waals surface area (Å²) in [5.74, 6) is 2.38. The molecule has 0 atom stereocenters. The molecule has 0 bridgehead atoms. The van der Waals surface area contributed by atoms with Crippen LogP contribution in [-0.4, -0.2) is 12.6 Å². The number of carbonyl (C=O) groups excluding carboxylic acids is 1. The third-order valence-electron chi connectivity index (χ3n) is 9.76. The number of rotatable bonds is 20. The maximum atomic E-state index is 13.0. The predicted molar refractivity (Wildman–Crippen MR) is 194 cm³/mol. The summed E-state index contributed by atoms with van der Waals surface area (Å²) in [5.41, 5.74) is 3.82. The fourth-order valence-corrected chi connectivity index (χ4v) is 7.17. The second-order valence-electron chi connectivity index (χ2n) is 13.4. The van der Waals surface area contributed by atoms with Crippen molar-refractivity contribution in [1.29, 1.82) is 0 Å². The minimum atomic E-state index is -0.383. The van der Waals surface area contributed by atoms with Gasteiger partial charge >= 0.3 is 5.97 Å². The Labute approximate surface area is 284 Å². The molecule has 3 aromatic rings. The monoisotopic (exact) mass is 644 g/mol. The van der Waals surface area contributed by atoms with E-state index < -0.39 is 0 Å². The van der Waals surface area contributed by atoms with E-state index >= 15 is 0 Å². The zero-order valence-electron chi connectivity index (χ0n) is 28.5. The van der Waals surface area contributed by atoms with Crippen molar-refractivity contribution < 1.29 is 14.3 Å². The van der Waals surface area contributed by atoms with Gasteiger partial charge in [0.1, 0.15) is 11.5 Å². The van der Waals surface area contributed by atoms with Crippen LogP contribution < -0.4 is 9.47 Å². The molecule has 4 heteroatoms. The largest absolute Gasteiger partial charge is 0.494 e. The highest BCUT2D eigenvalue weighted by atomic mass is 35.5. The summed E-state index contributed by atoms with van der Waals surface area (Å²) in [6.45, 7) is 5.29. The number of halogens is 1. The molecular weight excluding hydrogens is 588 g/mol. The predicted octanol–water partition coefficient (Wildman–Crippen LogP) is 13.4. The third-order valence-corrected chi connectivity index (χ3v) is 10.1. The van der Waals surface area contributed by atoms with E-state index in [0.717, 1.165) is 35.8 Å². The van der Waals surface area contributed by atoms with Crippen LogP contribution in [0.25, 0.3) is 11.1 Å². The molecule has 0 aliphatic heterocycles. The molecule has 3 nitrogen and oxygen atoms in total. The Morgan fingerprint density at radius 1 is 0.652 bits per heavy atom. The topological polar surface area (TPSA) is 35.5 Å². The molecular formula is C42H57ClO3. The minimum Gasteiger partial charge on any atom is -0.494 e. The second kappa shape index (κ2) is 20.5. The van der Waals surface area contributed by atoms with Crippen molar-refractivity contribution in [3.8, 4) is 22.6 Å². The maximum absolute atomic E-state index is 13.0. The Balaban J connectivity index is 1.19. The molecule has 1 fully saturated rings. The van der Waals surface area contributed by atoms with Gasteiger partial charge in [-0.1, -0.05) is 139 Å². The van der Waals surface area contributed by atoms with Gasteiger partial charge < -0.3 is 9.47 Å². The molecule has 3 aromatic carbocycles. The van der Waals surface area contributed by atoms with Crippen molar-refractivity contribution in [3.05, 3.63) is 82.9 Å². The molecule has 0 unspecified atom stereocenters. The lowest BCUT2D eigenvalue weighted by molar-refractivity contribution is 0.0734. The van der Waals surface area contributed by atoms with E-state index in [9.17, 15) is 4.79 Å². The van der Waals surface area contributed by atoms with Gasteiger partial charge in [-0.25, -0.2) is 4.79 Å². The Hall–Kier alpha value is -2.78. The highest BCUT2D eigenvalue weighted by molar-refractivity contribution is 6.31. The van der Waals surface area contributed by atoms with E-state index in [4.69, 9.17) is 21.1 Å². The number of unbranched alkanes of at least 4 members (excludes halogenated alkanes) is 11. The van der Waals surface area contributed by atoms with Crippen LogP contribution in [0.5, 0.6) is 11.5 Å². The maximum Gasteiger partial charge on any atom is 0.343 e. The minimum absolute atomic E-state index is 0.383. The molecule has 250 valence electrons. The summed E-state index contributed by atoms with van der Waals surface area (Å²) >= 11 is 6.74. The van der Waals surface area contributed by atoms with E-state index in [-0.39, 0.29) is 5.97 Å². The van der Waals surface area contributed by atoms with E-state index in [1.807, 2.05) is 48.5 Å². The smallest absolute Gasteiger partial charge is 0.343 e. The molecule has 4 rings (SSSR count). The van der Waals surface area contributed by atoms with Gasteiger partial charge in [0.25, 0.3) is 0 Å². The second-order valence-corrected chi connectivity index (χ2v) is 13.8. The highest BCUT2D eigenvalue weighted by Gasteiger charge is 2.24. The summed E-state index contributed by atoms with van der Waals surface area (Å²) in [7, 11) is 0. The Bertz CT molecular complexity index is 1280. The molecule has 0 saturated heterocycles. The standard InChI is InChI=1S/C42H57ClO3/c1-3-5-7-9-11-12-14-16-33-17-19-36(20-18-33)40-30-25-37(32-41(40)43)42(44)46-39-28-23-35(24-29-39)34-21-26-38(27-22-34)45-31-15-13-10-8-6-4-2/h21-30,32-33,36H,3-20,31H2,1-2H3. The molecule has 0 spiro atoms. The number of ether oxygens (including phenoxy) is 2. The van der Waals surface area contributed by atoms with E-state index in [0.29, 0.717) is 22.3 Å². The van der Waals surface area contributed by atoms with Gasteiger partial charge in [-0.3, -0.25) is 0 Å². The van der Waals surface area contributed by atoms with E-state index in [2.05, 4.69) is 26.0 Å². The van der Waals surface area contributed by atoms with Crippen molar-refractivity contribution >= 4 is 17.6 Å². The van der Waals surface area contributed by atoms with Crippen LogP contribution in [-0.2, 0) is 0 Å². The summed E-state index contributed by atoms with van der Waals surface area (Å²) in [5, 5.41) is 0.680. The summed E-state index contributed by atoms with van der Waals surface area (Å²) in [4.78, 5) is 13.0. The zero-order chi connectivity index (χ0) is 32.4. The van der Waals surface area contributed by atoms with Gasteiger partial charge in [-0.05, 0) is 97.0 Å². The number of carbonyl (C=O) groups is 1. The van der Waals surface area contributed by atoms with Crippen LogP contribution in [0.3, 0.4) is 0 Å². The van der Waals surface area contributed by atoms with Gasteiger partial charge in [0.05, 0.1) is 12.2 Å². The highest BCUT2D eigenvalue weighted by Crippen LogP contribution is 2.40. The molecule has 46 heavy (non-hydrogen) atoms. The summed E-state index contributed by atoms with van der Waals surface area (Å²) < 4.78 is 11.6. The quantitative estimate of drug-likeness (QED) is 0.0697. The molecule has 1 saturated carbocycles. The fraction of sp³-hybridized carbons (Fsp3) is 0.548. The lowest BCUT2D eigenvalue weighted by atomic mass is 9.77. The van der Waals surface area contributed by atoms with Crippen LogP contribution in [0.15, 0.2) is 66.7 Å².